The summed E-state index contributed by atoms with van der Waals surface area (Å²) in [6.07, 6.45) is 2.83. The van der Waals surface area contributed by atoms with E-state index in [0.29, 0.717) is 11.1 Å². The second kappa shape index (κ2) is 9.31. The largest absolute Gasteiger partial charge is 0.466 e. The first kappa shape index (κ1) is 18.4. The molecule has 0 aromatic carbocycles. The van der Waals surface area contributed by atoms with Gasteiger partial charge in [0.05, 0.1) is 7.11 Å². The topological polar surface area (TPSA) is 55.8 Å². The Kier molecular flexibility index (Phi) is 8.56. The maximum atomic E-state index is 11.9. The van der Waals surface area contributed by atoms with Gasteiger partial charge in [-0.1, -0.05) is 26.0 Å². The van der Waals surface area contributed by atoms with Crippen molar-refractivity contribution in [3.05, 3.63) is 23.3 Å². The maximum Gasteiger partial charge on any atom is 0.335 e. The predicted molar refractivity (Wildman–Crippen MR) is 78.0 cm³/mol. The molecular weight excluding hydrogens is 258 g/mol. The van der Waals surface area contributed by atoms with Crippen LogP contribution in [-0.2, 0) is 19.1 Å². The van der Waals surface area contributed by atoms with Gasteiger partial charge in [-0.15, -0.1) is 0 Å². The van der Waals surface area contributed by atoms with E-state index in [0.717, 1.165) is 13.1 Å². The number of methoxy groups -OCH3 is 1. The van der Waals surface area contributed by atoms with Crippen LogP contribution in [0, 0.1) is 0 Å². The van der Waals surface area contributed by atoms with Gasteiger partial charge < -0.3 is 9.47 Å². The van der Waals surface area contributed by atoms with Crippen LogP contribution in [-0.4, -0.2) is 43.3 Å². The van der Waals surface area contributed by atoms with Crippen molar-refractivity contribution in [3.8, 4) is 0 Å². The number of carbonyl (C=O) groups is 2. The molecule has 0 aliphatic rings. The van der Waals surface area contributed by atoms with Crippen LogP contribution < -0.4 is 0 Å². The molecule has 0 heterocycles. The molecule has 0 radical (unpaired) electrons. The number of allylic oxidation sites excluding steroid dienone is 2. The molecule has 0 spiro atoms. The molecule has 20 heavy (non-hydrogen) atoms. The van der Waals surface area contributed by atoms with Crippen LogP contribution in [0.5, 0.6) is 0 Å². The van der Waals surface area contributed by atoms with E-state index in [1.54, 1.807) is 26.0 Å². The van der Waals surface area contributed by atoms with Gasteiger partial charge in [0, 0.05) is 11.1 Å². The minimum Gasteiger partial charge on any atom is -0.466 e. The van der Waals surface area contributed by atoms with Gasteiger partial charge in [-0.05, 0) is 33.9 Å². The summed E-state index contributed by atoms with van der Waals surface area (Å²) >= 11 is 0. The summed E-state index contributed by atoms with van der Waals surface area (Å²) in [5, 5.41) is 0. The van der Waals surface area contributed by atoms with Gasteiger partial charge in [0.25, 0.3) is 0 Å². The lowest BCUT2D eigenvalue weighted by atomic mass is 10.2. The SMILES string of the molecule is CCN(CC)C(C)OC(=O)/C(C)=C/C=C(\C)C(=O)OC. The zero-order chi connectivity index (χ0) is 15.7. The molecule has 0 rings (SSSR count). The smallest absolute Gasteiger partial charge is 0.335 e. The highest BCUT2D eigenvalue weighted by Gasteiger charge is 2.15. The number of nitrogens with zero attached hydrogens (tertiary/aromatic N) is 1. The molecule has 0 aromatic rings. The van der Waals surface area contributed by atoms with Crippen LogP contribution in [0.1, 0.15) is 34.6 Å². The summed E-state index contributed by atoms with van der Waals surface area (Å²) in [5.74, 6) is -0.808. The first-order valence-electron chi connectivity index (χ1n) is 6.75. The second-order valence-corrected chi connectivity index (χ2v) is 4.42. The first-order valence-corrected chi connectivity index (χ1v) is 6.75. The van der Waals surface area contributed by atoms with Crippen molar-refractivity contribution in [3.63, 3.8) is 0 Å². The summed E-state index contributed by atoms with van der Waals surface area (Å²) in [5.41, 5.74) is 0.865. The normalized spacial score (nSPS) is 14.2. The third-order valence-corrected chi connectivity index (χ3v) is 3.02. The quantitative estimate of drug-likeness (QED) is 0.310. The number of rotatable bonds is 7. The van der Waals surface area contributed by atoms with Crippen molar-refractivity contribution in [2.75, 3.05) is 20.2 Å². The van der Waals surface area contributed by atoms with Crippen molar-refractivity contribution in [2.45, 2.75) is 40.8 Å². The Labute approximate surface area is 121 Å². The highest BCUT2D eigenvalue weighted by atomic mass is 16.6. The third-order valence-electron chi connectivity index (χ3n) is 3.02. The van der Waals surface area contributed by atoms with E-state index in [9.17, 15) is 9.59 Å². The van der Waals surface area contributed by atoms with Gasteiger partial charge in [0.2, 0.25) is 0 Å². The second-order valence-electron chi connectivity index (χ2n) is 4.42. The Morgan fingerprint density at radius 2 is 1.50 bits per heavy atom. The third kappa shape index (κ3) is 6.02. The van der Waals surface area contributed by atoms with E-state index in [2.05, 4.69) is 4.74 Å². The van der Waals surface area contributed by atoms with Crippen molar-refractivity contribution >= 4 is 11.9 Å². The van der Waals surface area contributed by atoms with Crippen LogP contribution in [0.4, 0.5) is 0 Å². The lowest BCUT2D eigenvalue weighted by Crippen LogP contribution is -2.36. The molecule has 1 unspecified atom stereocenters. The highest BCUT2D eigenvalue weighted by Crippen LogP contribution is 2.06. The fourth-order valence-electron chi connectivity index (χ4n) is 1.61. The van der Waals surface area contributed by atoms with Crippen LogP contribution >= 0.6 is 0 Å². The molecule has 0 amide bonds. The van der Waals surface area contributed by atoms with Gasteiger partial charge >= 0.3 is 11.9 Å². The number of esters is 2. The fourth-order valence-corrected chi connectivity index (χ4v) is 1.61. The van der Waals surface area contributed by atoms with Crippen molar-refractivity contribution in [1.29, 1.82) is 0 Å². The van der Waals surface area contributed by atoms with E-state index < -0.39 is 11.9 Å². The molecule has 5 heteroatoms. The minimum atomic E-state index is -0.418. The van der Waals surface area contributed by atoms with Crippen LogP contribution in [0.15, 0.2) is 23.3 Å². The van der Waals surface area contributed by atoms with Gasteiger partial charge in [0.1, 0.15) is 0 Å². The van der Waals surface area contributed by atoms with E-state index in [1.165, 1.54) is 7.11 Å². The molecule has 0 saturated carbocycles. The first-order chi connectivity index (χ1) is 9.37. The molecule has 1 atom stereocenters. The van der Waals surface area contributed by atoms with Crippen LogP contribution in [0.25, 0.3) is 0 Å². The Morgan fingerprint density at radius 3 is 1.90 bits per heavy atom. The van der Waals surface area contributed by atoms with Gasteiger partial charge in [-0.3, -0.25) is 4.90 Å². The van der Waals surface area contributed by atoms with Gasteiger partial charge in [-0.2, -0.15) is 0 Å². The zero-order valence-electron chi connectivity index (χ0n) is 13.2. The molecule has 0 bridgehead atoms. The number of hydrogen-bond acceptors (Lipinski definition) is 5. The average molecular weight is 283 g/mol. The molecule has 114 valence electrons. The van der Waals surface area contributed by atoms with E-state index in [4.69, 9.17) is 4.74 Å². The van der Waals surface area contributed by atoms with Gasteiger partial charge in [-0.25, -0.2) is 9.59 Å². The lowest BCUT2D eigenvalue weighted by Gasteiger charge is -2.25. The fraction of sp³-hybridized carbons (Fsp3) is 0.600. The zero-order valence-corrected chi connectivity index (χ0v) is 13.2. The van der Waals surface area contributed by atoms with Crippen molar-refractivity contribution < 1.29 is 19.1 Å². The lowest BCUT2D eigenvalue weighted by molar-refractivity contribution is -0.152. The Hall–Kier alpha value is -1.62. The monoisotopic (exact) mass is 283 g/mol. The summed E-state index contributed by atoms with van der Waals surface area (Å²) in [7, 11) is 1.32. The molecule has 0 saturated heterocycles. The molecule has 0 aliphatic carbocycles. The van der Waals surface area contributed by atoms with Crippen LogP contribution in [0.3, 0.4) is 0 Å². The molecular formula is C15H25NO4. The molecule has 5 nitrogen and oxygen atoms in total. The van der Waals surface area contributed by atoms with E-state index >= 15 is 0 Å². The summed E-state index contributed by atoms with van der Waals surface area (Å²) in [6.45, 7) is 10.8. The van der Waals surface area contributed by atoms with E-state index in [1.807, 2.05) is 25.7 Å². The highest BCUT2D eigenvalue weighted by molar-refractivity contribution is 5.90. The predicted octanol–water partition coefficient (Wildman–Crippen LogP) is 2.28. The van der Waals surface area contributed by atoms with Crippen molar-refractivity contribution in [2.24, 2.45) is 0 Å². The Bertz CT molecular complexity index is 395. The number of carbonyl (C=O) groups excluding carboxylic acids is 2. The number of ether oxygens (including phenoxy) is 2. The molecule has 0 fully saturated rings. The van der Waals surface area contributed by atoms with E-state index in [-0.39, 0.29) is 6.23 Å². The molecule has 0 aromatic heterocycles. The molecule has 0 aliphatic heterocycles. The minimum absolute atomic E-state index is 0.272. The van der Waals surface area contributed by atoms with Crippen molar-refractivity contribution in [1.82, 2.24) is 4.90 Å². The number of hydrogen-bond donors (Lipinski definition) is 0. The van der Waals surface area contributed by atoms with Crippen LogP contribution in [0.2, 0.25) is 0 Å². The Balaban J connectivity index is 4.66. The molecule has 0 N–H and O–H groups in total. The average Bonchev–Trinajstić information content (AvgIpc) is 2.44. The van der Waals surface area contributed by atoms with Gasteiger partial charge in [0.15, 0.2) is 6.23 Å². The summed E-state index contributed by atoms with van der Waals surface area (Å²) < 4.78 is 9.92. The Morgan fingerprint density at radius 1 is 1.05 bits per heavy atom. The summed E-state index contributed by atoms with van der Waals surface area (Å²) in [4.78, 5) is 25.1. The standard InChI is InChI=1S/C15H25NO4/c1-7-16(8-2)13(5)20-15(18)12(4)10-9-11(3)14(17)19-6/h9-10,13H,7-8H2,1-6H3/b11-9+,12-10+. The maximum absolute atomic E-state index is 11.9. The summed E-state index contributed by atoms with van der Waals surface area (Å²) in [6, 6.07) is 0.